The highest BCUT2D eigenvalue weighted by Crippen LogP contribution is 2.34. The number of halogens is 3. The highest BCUT2D eigenvalue weighted by molar-refractivity contribution is 6.30. The van der Waals surface area contributed by atoms with Gasteiger partial charge in [0.05, 0.1) is 31.3 Å². The molecule has 7 rings (SSSR count). The van der Waals surface area contributed by atoms with Crippen LogP contribution in [0.25, 0.3) is 22.2 Å². The van der Waals surface area contributed by atoms with Gasteiger partial charge >= 0.3 is 0 Å². The minimum absolute atomic E-state index is 0.0676. The first-order chi connectivity index (χ1) is 19.4. The molecule has 208 valence electrons. The van der Waals surface area contributed by atoms with Gasteiger partial charge in [-0.3, -0.25) is 14.0 Å². The van der Waals surface area contributed by atoms with Gasteiger partial charge in [0.25, 0.3) is 5.56 Å². The Labute approximate surface area is 233 Å². The van der Waals surface area contributed by atoms with E-state index in [0.717, 1.165) is 12.0 Å². The van der Waals surface area contributed by atoms with E-state index in [4.69, 9.17) is 31.0 Å². The summed E-state index contributed by atoms with van der Waals surface area (Å²) in [5.41, 5.74) is 0.152. The van der Waals surface area contributed by atoms with Crippen molar-refractivity contribution in [2.45, 2.75) is 44.1 Å². The molecule has 40 heavy (non-hydrogen) atoms. The van der Waals surface area contributed by atoms with Gasteiger partial charge in [0.1, 0.15) is 34.8 Å². The SMILES string of the molecule is O=c1c2cc(N3CCO[C@@H](c4cnn(CC5(F)CCOC5)c4)C3)nc(-c3ccc(Cl)cc3F)c2nc2n1CCC2. The van der Waals surface area contributed by atoms with Gasteiger partial charge in [-0.2, -0.15) is 5.10 Å². The van der Waals surface area contributed by atoms with Crippen molar-refractivity contribution in [2.75, 3.05) is 37.8 Å². The summed E-state index contributed by atoms with van der Waals surface area (Å²) in [5, 5.41) is 5.02. The predicted molar refractivity (Wildman–Crippen MR) is 145 cm³/mol. The molecule has 0 bridgehead atoms. The average molecular weight is 569 g/mol. The molecule has 3 aliphatic rings. The van der Waals surface area contributed by atoms with Crippen LogP contribution in [0.5, 0.6) is 0 Å². The summed E-state index contributed by atoms with van der Waals surface area (Å²) in [6.45, 7) is 2.56. The zero-order valence-electron chi connectivity index (χ0n) is 21.7. The second kappa shape index (κ2) is 9.90. The second-order valence-corrected chi connectivity index (χ2v) is 11.1. The maximum atomic E-state index is 15.2. The molecule has 0 saturated carbocycles. The number of hydrogen-bond acceptors (Lipinski definition) is 7. The van der Waals surface area contributed by atoms with Crippen LogP contribution in [0.2, 0.25) is 5.02 Å². The van der Waals surface area contributed by atoms with Crippen molar-refractivity contribution < 1.29 is 18.3 Å². The van der Waals surface area contributed by atoms with E-state index in [2.05, 4.69) is 5.10 Å². The van der Waals surface area contributed by atoms with Crippen LogP contribution in [-0.4, -0.2) is 62.9 Å². The fourth-order valence-corrected chi connectivity index (χ4v) is 5.95. The number of anilines is 1. The second-order valence-electron chi connectivity index (χ2n) is 10.7. The number of rotatable bonds is 5. The molecule has 4 aromatic rings. The lowest BCUT2D eigenvalue weighted by Crippen LogP contribution is -2.39. The molecular weight excluding hydrogens is 542 g/mol. The number of hydrogen-bond donors (Lipinski definition) is 0. The average Bonchev–Trinajstić information content (AvgIpc) is 3.71. The third kappa shape index (κ3) is 4.55. The summed E-state index contributed by atoms with van der Waals surface area (Å²) < 4.78 is 44.6. The molecule has 2 saturated heterocycles. The molecule has 0 N–H and O–H groups in total. The van der Waals surface area contributed by atoms with Gasteiger partial charge in [-0.1, -0.05) is 11.6 Å². The van der Waals surface area contributed by atoms with E-state index >= 15 is 4.39 Å². The highest BCUT2D eigenvalue weighted by Gasteiger charge is 2.36. The molecule has 0 radical (unpaired) electrons. The maximum Gasteiger partial charge on any atom is 0.261 e. The van der Waals surface area contributed by atoms with Gasteiger partial charge < -0.3 is 14.4 Å². The molecule has 0 amide bonds. The Morgan fingerprint density at radius 2 is 2.08 bits per heavy atom. The molecular formula is C28H27ClF2N6O3. The monoisotopic (exact) mass is 568 g/mol. The molecule has 1 aromatic carbocycles. The molecule has 0 spiro atoms. The Bertz CT molecular complexity index is 1670. The molecule has 2 atom stereocenters. The Kier molecular flexibility index (Phi) is 6.32. The molecule has 9 nitrogen and oxygen atoms in total. The van der Waals surface area contributed by atoms with Crippen LogP contribution in [-0.2, 0) is 29.0 Å². The van der Waals surface area contributed by atoms with Gasteiger partial charge in [0.2, 0.25) is 0 Å². The van der Waals surface area contributed by atoms with Crippen LogP contribution in [0.3, 0.4) is 0 Å². The molecule has 6 heterocycles. The van der Waals surface area contributed by atoms with Crippen molar-refractivity contribution in [3.63, 3.8) is 0 Å². The van der Waals surface area contributed by atoms with E-state index in [9.17, 15) is 9.18 Å². The fourth-order valence-electron chi connectivity index (χ4n) is 5.79. The predicted octanol–water partition coefficient (Wildman–Crippen LogP) is 4.10. The van der Waals surface area contributed by atoms with E-state index in [1.807, 2.05) is 4.90 Å². The lowest BCUT2D eigenvalue weighted by molar-refractivity contribution is 0.0393. The molecule has 2 fully saturated rings. The summed E-state index contributed by atoms with van der Waals surface area (Å²) in [5.74, 6) is 0.678. The Hall–Kier alpha value is -3.41. The van der Waals surface area contributed by atoms with E-state index in [1.165, 1.54) is 6.07 Å². The first kappa shape index (κ1) is 25.6. The van der Waals surface area contributed by atoms with Gasteiger partial charge in [0, 0.05) is 61.4 Å². The summed E-state index contributed by atoms with van der Waals surface area (Å²) >= 11 is 6.02. The number of alkyl halides is 1. The molecule has 1 unspecified atom stereocenters. The number of aromatic nitrogens is 5. The van der Waals surface area contributed by atoms with Crippen molar-refractivity contribution in [2.24, 2.45) is 0 Å². The zero-order chi connectivity index (χ0) is 27.4. The normalized spacial score (nSPS) is 22.8. The van der Waals surface area contributed by atoms with Crippen LogP contribution in [0.15, 0.2) is 41.5 Å². The van der Waals surface area contributed by atoms with Crippen molar-refractivity contribution in [1.29, 1.82) is 0 Å². The summed E-state index contributed by atoms with van der Waals surface area (Å²) in [6, 6.07) is 6.15. The topological polar surface area (TPSA) is 87.3 Å². The van der Waals surface area contributed by atoms with Gasteiger partial charge in [-0.05, 0) is 30.7 Å². The Balaban J connectivity index is 1.25. The molecule has 12 heteroatoms. The van der Waals surface area contributed by atoms with Gasteiger partial charge in [-0.15, -0.1) is 0 Å². The zero-order valence-corrected chi connectivity index (χ0v) is 22.4. The third-order valence-corrected chi connectivity index (χ3v) is 8.13. The number of fused-ring (bicyclic) bond motifs is 2. The molecule has 3 aliphatic heterocycles. The first-order valence-corrected chi connectivity index (χ1v) is 13.8. The van der Waals surface area contributed by atoms with Gasteiger partial charge in [-0.25, -0.2) is 18.7 Å². The third-order valence-electron chi connectivity index (χ3n) is 7.89. The number of pyridine rings is 1. The van der Waals surface area contributed by atoms with Crippen molar-refractivity contribution in [3.05, 3.63) is 69.2 Å². The largest absolute Gasteiger partial charge is 0.378 e. The van der Waals surface area contributed by atoms with Crippen LogP contribution < -0.4 is 10.5 Å². The number of morpholine rings is 1. The quantitative estimate of drug-likeness (QED) is 0.358. The lowest BCUT2D eigenvalue weighted by atomic mass is 10.1. The number of aryl methyl sites for hydroxylation is 1. The Morgan fingerprint density at radius 1 is 1.18 bits per heavy atom. The van der Waals surface area contributed by atoms with Crippen LogP contribution >= 0.6 is 11.6 Å². The summed E-state index contributed by atoms with van der Waals surface area (Å²) in [6.07, 6.45) is 5.01. The van der Waals surface area contributed by atoms with E-state index < -0.39 is 11.5 Å². The molecule has 3 aromatic heterocycles. The van der Waals surface area contributed by atoms with Crippen LogP contribution in [0, 0.1) is 5.82 Å². The van der Waals surface area contributed by atoms with E-state index in [0.29, 0.717) is 73.9 Å². The summed E-state index contributed by atoms with van der Waals surface area (Å²) in [4.78, 5) is 25.2. The molecule has 0 aliphatic carbocycles. The van der Waals surface area contributed by atoms with Crippen molar-refractivity contribution >= 4 is 28.3 Å². The summed E-state index contributed by atoms with van der Waals surface area (Å²) in [7, 11) is 0. The minimum Gasteiger partial charge on any atom is -0.378 e. The van der Waals surface area contributed by atoms with E-state index in [1.54, 1.807) is 39.8 Å². The number of nitrogens with zero attached hydrogens (tertiary/aromatic N) is 6. The van der Waals surface area contributed by atoms with E-state index in [-0.39, 0.29) is 35.4 Å². The number of benzene rings is 1. The van der Waals surface area contributed by atoms with Crippen molar-refractivity contribution in [3.8, 4) is 11.3 Å². The van der Waals surface area contributed by atoms with Crippen molar-refractivity contribution in [1.82, 2.24) is 24.3 Å². The van der Waals surface area contributed by atoms with Crippen LogP contribution in [0.4, 0.5) is 14.6 Å². The maximum absolute atomic E-state index is 15.2. The highest BCUT2D eigenvalue weighted by atomic mass is 35.5. The van der Waals surface area contributed by atoms with Gasteiger partial charge in [0.15, 0.2) is 5.67 Å². The minimum atomic E-state index is -1.42. The van der Waals surface area contributed by atoms with Crippen LogP contribution in [0.1, 0.15) is 30.3 Å². The number of ether oxygens (including phenoxy) is 2. The smallest absolute Gasteiger partial charge is 0.261 e. The fraction of sp³-hybridized carbons (Fsp3) is 0.429. The Morgan fingerprint density at radius 3 is 2.90 bits per heavy atom. The standard InChI is InChI=1S/C28H27ClF2N6O3/c29-18-3-4-19(21(30)10-18)25-26-20(27(38)37-6-1-2-23(37)33-26)11-24(34-25)35-7-9-40-22(14-35)17-12-32-36(13-17)15-28(31)5-8-39-16-28/h3-4,10-13,22H,1-2,5-9,14-16H2/t22-,28?/m1/s1. The lowest BCUT2D eigenvalue weighted by Gasteiger charge is -2.33. The first-order valence-electron chi connectivity index (χ1n) is 13.4.